The monoisotopic (exact) mass is 312 g/mol. The molecule has 1 aliphatic heterocycles. The Balaban J connectivity index is 1.92. The Morgan fingerprint density at radius 1 is 1.48 bits per heavy atom. The van der Waals surface area contributed by atoms with Gasteiger partial charge in [-0.25, -0.2) is 4.79 Å². The maximum absolute atomic E-state index is 12.3. The van der Waals surface area contributed by atoms with E-state index in [-0.39, 0.29) is 11.7 Å². The first-order chi connectivity index (χ1) is 9.86. The molecular weight excluding hydrogens is 292 g/mol. The number of carboxylic acid groups (broad SMARTS) is 1. The van der Waals surface area contributed by atoms with Crippen LogP contribution in [-0.4, -0.2) is 44.9 Å². The summed E-state index contributed by atoms with van der Waals surface area (Å²) in [5.41, 5.74) is 0.792. The minimum absolute atomic E-state index is 0.117. The highest BCUT2D eigenvalue weighted by atomic mass is 32.2. The standard InChI is InChI=1S/C14H20N2O4S/c1-9-11(10(2)20-15-9)7-21-8-12(17)16-6-4-5-14(16,3)13(18)19/h4-8H2,1-3H3,(H,18,19). The van der Waals surface area contributed by atoms with Crippen LogP contribution in [0.3, 0.4) is 0 Å². The number of aryl methyl sites for hydroxylation is 2. The number of carbonyl (C=O) groups excluding carboxylic acids is 1. The van der Waals surface area contributed by atoms with Crippen molar-refractivity contribution >= 4 is 23.6 Å². The van der Waals surface area contributed by atoms with Crippen LogP contribution in [-0.2, 0) is 15.3 Å². The van der Waals surface area contributed by atoms with E-state index in [2.05, 4.69) is 5.16 Å². The summed E-state index contributed by atoms with van der Waals surface area (Å²) in [6, 6.07) is 0. The van der Waals surface area contributed by atoms with Gasteiger partial charge in [0.15, 0.2) is 0 Å². The van der Waals surface area contributed by atoms with E-state index in [9.17, 15) is 14.7 Å². The first kappa shape index (κ1) is 15.9. The Bertz CT molecular complexity index is 538. The predicted molar refractivity (Wildman–Crippen MR) is 79.1 cm³/mol. The van der Waals surface area contributed by atoms with Gasteiger partial charge in [-0.05, 0) is 33.6 Å². The second kappa shape index (κ2) is 6.09. The molecule has 1 aromatic rings. The smallest absolute Gasteiger partial charge is 0.329 e. The lowest BCUT2D eigenvalue weighted by Gasteiger charge is -2.31. The third-order valence-corrected chi connectivity index (χ3v) is 5.00. The molecule has 0 radical (unpaired) electrons. The van der Waals surface area contributed by atoms with Crippen LogP contribution in [0, 0.1) is 13.8 Å². The van der Waals surface area contributed by atoms with E-state index in [1.165, 1.54) is 16.7 Å². The van der Waals surface area contributed by atoms with Gasteiger partial charge in [-0.3, -0.25) is 4.79 Å². The van der Waals surface area contributed by atoms with Crippen LogP contribution >= 0.6 is 11.8 Å². The zero-order chi connectivity index (χ0) is 15.6. The molecule has 1 aromatic heterocycles. The number of hydrogen-bond donors (Lipinski definition) is 1. The van der Waals surface area contributed by atoms with Gasteiger partial charge in [0.1, 0.15) is 11.3 Å². The molecule has 116 valence electrons. The molecule has 21 heavy (non-hydrogen) atoms. The van der Waals surface area contributed by atoms with Crippen LogP contribution in [0.4, 0.5) is 0 Å². The molecule has 1 N–H and O–H groups in total. The third kappa shape index (κ3) is 3.07. The zero-order valence-electron chi connectivity index (χ0n) is 12.5. The number of aromatic nitrogens is 1. The van der Waals surface area contributed by atoms with Crippen molar-refractivity contribution < 1.29 is 19.2 Å². The lowest BCUT2D eigenvalue weighted by Crippen LogP contribution is -2.51. The predicted octanol–water partition coefficient (Wildman–Crippen LogP) is 1.99. The highest BCUT2D eigenvalue weighted by molar-refractivity contribution is 7.99. The van der Waals surface area contributed by atoms with Gasteiger partial charge in [-0.15, -0.1) is 11.8 Å². The number of hydrogen-bond acceptors (Lipinski definition) is 5. The van der Waals surface area contributed by atoms with Gasteiger partial charge in [0.2, 0.25) is 5.91 Å². The number of carboxylic acids is 1. The van der Waals surface area contributed by atoms with Gasteiger partial charge in [0, 0.05) is 17.9 Å². The van der Waals surface area contributed by atoms with Crippen LogP contribution in [0.15, 0.2) is 4.52 Å². The molecule has 1 saturated heterocycles. The molecule has 2 heterocycles. The van der Waals surface area contributed by atoms with Crippen molar-refractivity contribution in [2.75, 3.05) is 12.3 Å². The molecule has 0 saturated carbocycles. The average molecular weight is 312 g/mol. The second-order valence-electron chi connectivity index (χ2n) is 5.52. The van der Waals surface area contributed by atoms with E-state index in [1.807, 2.05) is 13.8 Å². The summed E-state index contributed by atoms with van der Waals surface area (Å²) in [5.74, 6) is 0.638. The summed E-state index contributed by atoms with van der Waals surface area (Å²) in [5, 5.41) is 13.2. The topological polar surface area (TPSA) is 83.6 Å². The minimum atomic E-state index is -1.05. The Labute approximate surface area is 127 Å². The summed E-state index contributed by atoms with van der Waals surface area (Å²) < 4.78 is 5.08. The van der Waals surface area contributed by atoms with Crippen molar-refractivity contribution in [1.82, 2.24) is 10.1 Å². The molecule has 0 spiro atoms. The SMILES string of the molecule is Cc1noc(C)c1CSCC(=O)N1CCCC1(C)C(=O)O. The van der Waals surface area contributed by atoms with E-state index < -0.39 is 11.5 Å². The number of nitrogens with zero attached hydrogens (tertiary/aromatic N) is 2. The largest absolute Gasteiger partial charge is 0.480 e. The molecule has 1 amide bonds. The molecule has 0 aliphatic carbocycles. The van der Waals surface area contributed by atoms with Gasteiger partial charge in [0.05, 0.1) is 11.4 Å². The summed E-state index contributed by atoms with van der Waals surface area (Å²) in [6.45, 7) is 5.86. The molecule has 0 bridgehead atoms. The van der Waals surface area contributed by atoms with Crippen molar-refractivity contribution in [3.63, 3.8) is 0 Å². The fraction of sp³-hybridized carbons (Fsp3) is 0.643. The first-order valence-electron chi connectivity index (χ1n) is 6.89. The van der Waals surface area contributed by atoms with Crippen LogP contribution in [0.25, 0.3) is 0 Å². The van der Waals surface area contributed by atoms with Gasteiger partial charge in [-0.2, -0.15) is 0 Å². The Morgan fingerprint density at radius 2 is 2.19 bits per heavy atom. The molecular formula is C14H20N2O4S. The lowest BCUT2D eigenvalue weighted by molar-refractivity contribution is -0.154. The highest BCUT2D eigenvalue weighted by Gasteiger charge is 2.45. The number of carbonyl (C=O) groups is 2. The average Bonchev–Trinajstić information content (AvgIpc) is 2.96. The van der Waals surface area contributed by atoms with E-state index in [1.54, 1.807) is 6.92 Å². The molecule has 6 nitrogen and oxygen atoms in total. The summed E-state index contributed by atoms with van der Waals surface area (Å²) in [4.78, 5) is 25.1. The number of thioether (sulfide) groups is 1. The van der Waals surface area contributed by atoms with Gasteiger partial charge in [-0.1, -0.05) is 5.16 Å². The van der Waals surface area contributed by atoms with Gasteiger partial charge >= 0.3 is 5.97 Å². The van der Waals surface area contributed by atoms with Crippen molar-refractivity contribution in [1.29, 1.82) is 0 Å². The maximum atomic E-state index is 12.3. The minimum Gasteiger partial charge on any atom is -0.480 e. The number of likely N-dealkylation sites (tertiary alicyclic amines) is 1. The fourth-order valence-electron chi connectivity index (χ4n) is 2.61. The molecule has 1 unspecified atom stereocenters. The molecule has 7 heteroatoms. The second-order valence-corrected chi connectivity index (χ2v) is 6.51. The van der Waals surface area contributed by atoms with Crippen LogP contribution in [0.2, 0.25) is 0 Å². The van der Waals surface area contributed by atoms with Crippen molar-refractivity contribution in [2.24, 2.45) is 0 Å². The summed E-state index contributed by atoms with van der Waals surface area (Å²) in [6.07, 6.45) is 1.26. The van der Waals surface area contributed by atoms with Crippen molar-refractivity contribution in [2.45, 2.75) is 44.9 Å². The maximum Gasteiger partial charge on any atom is 0.329 e. The fourth-order valence-corrected chi connectivity index (χ4v) is 3.66. The number of aliphatic carboxylic acids is 1. The Hall–Kier alpha value is -1.50. The third-order valence-electron chi connectivity index (χ3n) is 4.06. The normalized spacial score (nSPS) is 21.8. The zero-order valence-corrected chi connectivity index (χ0v) is 13.3. The number of rotatable bonds is 5. The van der Waals surface area contributed by atoms with Gasteiger partial charge < -0.3 is 14.5 Å². The molecule has 1 aliphatic rings. The first-order valence-corrected chi connectivity index (χ1v) is 8.05. The summed E-state index contributed by atoms with van der Waals surface area (Å²) in [7, 11) is 0. The summed E-state index contributed by atoms with van der Waals surface area (Å²) >= 11 is 1.46. The Kier molecular flexibility index (Phi) is 4.61. The number of amides is 1. The quantitative estimate of drug-likeness (QED) is 0.895. The van der Waals surface area contributed by atoms with Crippen molar-refractivity contribution in [3.05, 3.63) is 17.0 Å². The van der Waals surface area contributed by atoms with E-state index in [0.29, 0.717) is 18.7 Å². The molecule has 1 fully saturated rings. The highest BCUT2D eigenvalue weighted by Crippen LogP contribution is 2.30. The lowest BCUT2D eigenvalue weighted by atomic mass is 9.99. The molecule has 0 aromatic carbocycles. The van der Waals surface area contributed by atoms with Gasteiger partial charge in [0.25, 0.3) is 0 Å². The molecule has 2 rings (SSSR count). The Morgan fingerprint density at radius 3 is 2.76 bits per heavy atom. The van der Waals surface area contributed by atoms with E-state index in [0.717, 1.165) is 23.4 Å². The van der Waals surface area contributed by atoms with Crippen LogP contribution in [0.1, 0.15) is 36.8 Å². The van der Waals surface area contributed by atoms with E-state index in [4.69, 9.17) is 4.52 Å². The van der Waals surface area contributed by atoms with Crippen molar-refractivity contribution in [3.8, 4) is 0 Å². The van der Waals surface area contributed by atoms with E-state index >= 15 is 0 Å². The van der Waals surface area contributed by atoms with Crippen LogP contribution in [0.5, 0.6) is 0 Å². The molecule has 1 atom stereocenters. The van der Waals surface area contributed by atoms with Crippen LogP contribution < -0.4 is 0 Å².